The third-order valence-corrected chi connectivity index (χ3v) is 4.04. The van der Waals surface area contributed by atoms with E-state index >= 15 is 0 Å². The summed E-state index contributed by atoms with van der Waals surface area (Å²) in [5, 5.41) is 0. The number of aliphatic imine (C=N–C) groups is 1. The van der Waals surface area contributed by atoms with Gasteiger partial charge >= 0.3 is 0 Å². The number of allylic oxidation sites excluding steroid dienone is 3. The van der Waals surface area contributed by atoms with Crippen LogP contribution in [0.3, 0.4) is 0 Å². The maximum atomic E-state index is 4.09. The highest BCUT2D eigenvalue weighted by atomic mass is 14.7. The van der Waals surface area contributed by atoms with Crippen LogP contribution < -0.4 is 0 Å². The standard InChI is InChI=1S/C12H26.C9H11N.C2H6/c1-4-7-8-11-12(9-5-2)10-6-3;1-3-9-5-4-8(2)10-7-6-9;1-2/h12H,4-11H2,1-3H3;5-7H,3H2,1-2H3;1-2H3. The van der Waals surface area contributed by atoms with Gasteiger partial charge in [-0.2, -0.15) is 0 Å². The molecule has 0 fully saturated rings. The summed E-state index contributed by atoms with van der Waals surface area (Å²) in [7, 11) is 0. The summed E-state index contributed by atoms with van der Waals surface area (Å²) in [6.45, 7) is 15.0. The van der Waals surface area contributed by atoms with Crippen molar-refractivity contribution in [3.05, 3.63) is 29.2 Å². The van der Waals surface area contributed by atoms with Crippen LogP contribution in [0.4, 0.5) is 0 Å². The predicted octanol–water partition coefficient (Wildman–Crippen LogP) is 8.28. The molecule has 0 N–H and O–H groups in total. The first kappa shape index (κ1) is 25.2. The van der Waals surface area contributed by atoms with Crippen LogP contribution in [0.1, 0.15) is 106 Å². The average molecular weight is 334 g/mol. The molecule has 1 aliphatic heterocycles. The number of hydrogen-bond donors (Lipinski definition) is 0. The Morgan fingerprint density at radius 2 is 1.54 bits per heavy atom. The summed E-state index contributed by atoms with van der Waals surface area (Å²) in [5.41, 5.74) is 5.29. The van der Waals surface area contributed by atoms with Gasteiger partial charge in [0.2, 0.25) is 0 Å². The summed E-state index contributed by atoms with van der Waals surface area (Å²) >= 11 is 0. The maximum Gasteiger partial charge on any atom is 0.0789 e. The molecule has 0 saturated heterocycles. The fraction of sp³-hybridized carbons (Fsp3) is 0.739. The molecule has 0 aromatic heterocycles. The van der Waals surface area contributed by atoms with E-state index in [1.54, 1.807) is 0 Å². The van der Waals surface area contributed by atoms with Crippen molar-refractivity contribution in [3.8, 4) is 0 Å². The first-order valence-corrected chi connectivity index (χ1v) is 10.3. The summed E-state index contributed by atoms with van der Waals surface area (Å²) in [6, 6.07) is 0. The molecule has 0 bridgehead atoms. The summed E-state index contributed by atoms with van der Waals surface area (Å²) in [4.78, 5) is 4.09. The maximum absolute atomic E-state index is 4.09. The molecule has 1 nitrogen and oxygen atoms in total. The van der Waals surface area contributed by atoms with Gasteiger partial charge < -0.3 is 0 Å². The van der Waals surface area contributed by atoms with Crippen LogP contribution in [-0.2, 0) is 0 Å². The molecule has 0 aromatic rings. The zero-order chi connectivity index (χ0) is 18.6. The highest BCUT2D eigenvalue weighted by Crippen LogP contribution is 2.20. The Balaban J connectivity index is 0. The van der Waals surface area contributed by atoms with Gasteiger partial charge in [0.1, 0.15) is 0 Å². The molecular weight excluding hydrogens is 290 g/mol. The van der Waals surface area contributed by atoms with Gasteiger partial charge in [-0.25, -0.2) is 0 Å². The van der Waals surface area contributed by atoms with Gasteiger partial charge in [-0.15, -0.1) is 0 Å². The largest absolute Gasteiger partial charge is 0.253 e. The molecule has 0 unspecified atom stereocenters. The van der Waals surface area contributed by atoms with E-state index in [9.17, 15) is 0 Å². The monoisotopic (exact) mass is 333 g/mol. The van der Waals surface area contributed by atoms with Crippen LogP contribution in [0, 0.1) is 5.92 Å². The Kier molecular flexibility index (Phi) is 21.0. The fourth-order valence-corrected chi connectivity index (χ4v) is 2.68. The van der Waals surface area contributed by atoms with Crippen molar-refractivity contribution in [2.75, 3.05) is 0 Å². The Morgan fingerprint density at radius 3 is 2.04 bits per heavy atom. The molecule has 0 amide bonds. The van der Waals surface area contributed by atoms with Crippen molar-refractivity contribution in [3.63, 3.8) is 0 Å². The molecule has 0 aromatic carbocycles. The Labute approximate surface area is 153 Å². The van der Waals surface area contributed by atoms with Crippen LogP contribution in [0.25, 0.3) is 0 Å². The Morgan fingerprint density at radius 1 is 0.917 bits per heavy atom. The van der Waals surface area contributed by atoms with Gasteiger partial charge in [0, 0.05) is 6.21 Å². The van der Waals surface area contributed by atoms with E-state index in [2.05, 4.69) is 38.4 Å². The highest BCUT2D eigenvalue weighted by Gasteiger charge is 2.05. The molecule has 0 saturated carbocycles. The summed E-state index contributed by atoms with van der Waals surface area (Å²) < 4.78 is 0. The van der Waals surface area contributed by atoms with Crippen LogP contribution >= 0.6 is 0 Å². The van der Waals surface area contributed by atoms with E-state index in [0.717, 1.165) is 18.0 Å². The van der Waals surface area contributed by atoms with Crippen LogP contribution in [-0.4, -0.2) is 6.21 Å². The Bertz CT molecular complexity index is 375. The van der Waals surface area contributed by atoms with Gasteiger partial charge in [-0.1, -0.05) is 98.6 Å². The molecule has 0 atom stereocenters. The molecule has 1 heterocycles. The second-order valence-corrected chi connectivity index (χ2v) is 6.19. The fourth-order valence-electron chi connectivity index (χ4n) is 2.68. The third kappa shape index (κ3) is 15.8. The van der Waals surface area contributed by atoms with Crippen LogP contribution in [0.2, 0.25) is 0 Å². The second-order valence-electron chi connectivity index (χ2n) is 6.19. The average Bonchev–Trinajstić information content (AvgIpc) is 2.82. The molecule has 0 spiro atoms. The van der Waals surface area contributed by atoms with E-state index in [0.29, 0.717) is 0 Å². The zero-order valence-electron chi connectivity index (χ0n) is 17.6. The third-order valence-electron chi connectivity index (χ3n) is 4.04. The zero-order valence-corrected chi connectivity index (χ0v) is 17.6. The lowest BCUT2D eigenvalue weighted by molar-refractivity contribution is 0.394. The first-order chi connectivity index (χ1) is 11.7. The van der Waals surface area contributed by atoms with Crippen molar-refractivity contribution >= 4 is 6.21 Å². The quantitative estimate of drug-likeness (QED) is 0.297. The molecule has 0 radical (unpaired) electrons. The van der Waals surface area contributed by atoms with E-state index in [4.69, 9.17) is 0 Å². The van der Waals surface area contributed by atoms with Gasteiger partial charge in [-0.05, 0) is 37.0 Å². The van der Waals surface area contributed by atoms with Crippen molar-refractivity contribution in [2.24, 2.45) is 10.9 Å². The SMILES string of the molecule is CC.CCC1=CC=NC(C)=C=C1.CCCCCC(CCC)CCC. The Hall–Kier alpha value is -1.07. The second kappa shape index (κ2) is 20.0. The summed E-state index contributed by atoms with van der Waals surface area (Å²) in [6.07, 6.45) is 18.3. The number of unbranched alkanes of at least 4 members (excludes halogenated alkanes) is 2. The van der Waals surface area contributed by atoms with Crippen molar-refractivity contribution < 1.29 is 0 Å². The van der Waals surface area contributed by atoms with Gasteiger partial charge in [0.15, 0.2) is 0 Å². The predicted molar refractivity (Wildman–Crippen MR) is 113 cm³/mol. The normalized spacial score (nSPS) is 12.5. The first-order valence-electron chi connectivity index (χ1n) is 10.3. The van der Waals surface area contributed by atoms with E-state index in [-0.39, 0.29) is 0 Å². The lowest BCUT2D eigenvalue weighted by Gasteiger charge is -2.14. The smallest absolute Gasteiger partial charge is 0.0789 e. The molecular formula is C23H43N. The number of hydrogen-bond acceptors (Lipinski definition) is 1. The lowest BCUT2D eigenvalue weighted by atomic mass is 9.92. The molecule has 1 rings (SSSR count). The number of rotatable bonds is 9. The molecule has 0 aliphatic carbocycles. The van der Waals surface area contributed by atoms with Gasteiger partial charge in [0.25, 0.3) is 0 Å². The van der Waals surface area contributed by atoms with Gasteiger partial charge in [0.05, 0.1) is 5.70 Å². The minimum atomic E-state index is 0.944. The highest BCUT2D eigenvalue weighted by molar-refractivity contribution is 5.74. The summed E-state index contributed by atoms with van der Waals surface area (Å²) in [5.74, 6) is 1.03. The minimum absolute atomic E-state index is 0.944. The lowest BCUT2D eigenvalue weighted by Crippen LogP contribution is -1.99. The van der Waals surface area contributed by atoms with E-state index < -0.39 is 0 Å². The molecule has 1 heteroatoms. The van der Waals surface area contributed by atoms with E-state index in [1.807, 2.05) is 39.1 Å². The minimum Gasteiger partial charge on any atom is -0.253 e. The molecule has 140 valence electrons. The van der Waals surface area contributed by atoms with Crippen molar-refractivity contribution in [2.45, 2.75) is 106 Å². The van der Waals surface area contributed by atoms with Crippen LogP contribution in [0.5, 0.6) is 0 Å². The van der Waals surface area contributed by atoms with Crippen molar-refractivity contribution in [1.82, 2.24) is 0 Å². The van der Waals surface area contributed by atoms with Crippen molar-refractivity contribution in [1.29, 1.82) is 0 Å². The van der Waals surface area contributed by atoms with E-state index in [1.165, 1.54) is 56.9 Å². The number of nitrogens with zero attached hydrogens (tertiary/aromatic N) is 1. The molecule has 1 aliphatic rings. The van der Waals surface area contributed by atoms with Crippen LogP contribution in [0.15, 0.2) is 34.1 Å². The van der Waals surface area contributed by atoms with Gasteiger partial charge in [-0.3, -0.25) is 4.99 Å². The topological polar surface area (TPSA) is 12.4 Å². The molecule has 24 heavy (non-hydrogen) atoms.